The molecule has 1 aromatic rings. The molecule has 0 radical (unpaired) electrons. The molecule has 1 aromatic heterocycles. The first-order valence-corrected chi connectivity index (χ1v) is 7.22. The molecule has 92 valence electrons. The molecular formula is C9H10N2O4S2. The van der Waals surface area contributed by atoms with Crippen molar-refractivity contribution >= 4 is 38.5 Å². The standard InChI is InChI=1S/C9H10N2O4S2/c12-8(13)4-1-6-5-10-9(16-6)11-17(14,15)7-2-3-7/h1,4-5,7H,2-3H2,(H,10,11)(H,12,13). The molecule has 0 aromatic carbocycles. The number of rotatable bonds is 5. The predicted octanol–water partition coefficient (Wildman–Crippen LogP) is 1.15. The van der Waals surface area contributed by atoms with Gasteiger partial charge in [-0.25, -0.2) is 18.2 Å². The maximum absolute atomic E-state index is 11.6. The van der Waals surface area contributed by atoms with Gasteiger partial charge in [-0.3, -0.25) is 4.72 Å². The zero-order valence-corrected chi connectivity index (χ0v) is 10.3. The molecule has 1 saturated carbocycles. The van der Waals surface area contributed by atoms with Crippen LogP contribution in [-0.4, -0.2) is 29.7 Å². The summed E-state index contributed by atoms with van der Waals surface area (Å²) in [5, 5.41) is 8.40. The Kier molecular flexibility index (Phi) is 3.16. The van der Waals surface area contributed by atoms with E-state index in [1.54, 1.807) is 0 Å². The van der Waals surface area contributed by atoms with Crippen LogP contribution in [0.4, 0.5) is 5.13 Å². The van der Waals surface area contributed by atoms with E-state index in [1.807, 2.05) is 0 Å². The van der Waals surface area contributed by atoms with Gasteiger partial charge in [0.15, 0.2) is 5.13 Å². The minimum Gasteiger partial charge on any atom is -0.478 e. The Morgan fingerprint density at radius 2 is 2.29 bits per heavy atom. The predicted molar refractivity (Wildman–Crippen MR) is 64.3 cm³/mol. The molecule has 1 aliphatic rings. The Morgan fingerprint density at radius 1 is 1.59 bits per heavy atom. The van der Waals surface area contributed by atoms with E-state index < -0.39 is 16.0 Å². The normalized spacial score (nSPS) is 16.2. The van der Waals surface area contributed by atoms with Crippen molar-refractivity contribution in [2.75, 3.05) is 4.72 Å². The molecule has 6 nitrogen and oxygen atoms in total. The summed E-state index contributed by atoms with van der Waals surface area (Å²) in [7, 11) is -3.30. The molecule has 1 fully saturated rings. The molecule has 0 saturated heterocycles. The number of carbonyl (C=O) groups is 1. The third-order valence-electron chi connectivity index (χ3n) is 2.11. The van der Waals surface area contributed by atoms with Gasteiger partial charge in [0, 0.05) is 17.2 Å². The number of hydrogen-bond donors (Lipinski definition) is 2. The van der Waals surface area contributed by atoms with Gasteiger partial charge in [0.25, 0.3) is 0 Å². The van der Waals surface area contributed by atoms with Gasteiger partial charge in [-0.1, -0.05) is 11.3 Å². The molecule has 0 atom stereocenters. The van der Waals surface area contributed by atoms with Gasteiger partial charge in [0.05, 0.1) is 5.25 Å². The average Bonchev–Trinajstić information content (AvgIpc) is 2.99. The summed E-state index contributed by atoms with van der Waals surface area (Å²) in [6.07, 6.45) is 5.15. The number of nitrogens with zero attached hydrogens (tertiary/aromatic N) is 1. The molecule has 2 N–H and O–H groups in total. The number of sulfonamides is 1. The van der Waals surface area contributed by atoms with E-state index in [4.69, 9.17) is 5.11 Å². The van der Waals surface area contributed by atoms with Crippen LogP contribution in [0.1, 0.15) is 17.7 Å². The summed E-state index contributed by atoms with van der Waals surface area (Å²) < 4.78 is 25.5. The van der Waals surface area contributed by atoms with Crippen molar-refractivity contribution in [3.63, 3.8) is 0 Å². The van der Waals surface area contributed by atoms with Crippen molar-refractivity contribution in [2.45, 2.75) is 18.1 Å². The first-order valence-electron chi connectivity index (χ1n) is 4.86. The monoisotopic (exact) mass is 274 g/mol. The first-order chi connectivity index (χ1) is 7.97. The number of aromatic nitrogens is 1. The molecule has 17 heavy (non-hydrogen) atoms. The zero-order valence-electron chi connectivity index (χ0n) is 8.66. The van der Waals surface area contributed by atoms with Gasteiger partial charge in [0.1, 0.15) is 0 Å². The number of carboxylic acids is 1. The van der Waals surface area contributed by atoms with Crippen LogP contribution in [0, 0.1) is 0 Å². The number of anilines is 1. The summed E-state index contributed by atoms with van der Waals surface area (Å²) in [6.45, 7) is 0. The quantitative estimate of drug-likeness (QED) is 0.785. The van der Waals surface area contributed by atoms with Crippen molar-refractivity contribution < 1.29 is 18.3 Å². The number of hydrogen-bond acceptors (Lipinski definition) is 5. The molecule has 0 amide bonds. The highest BCUT2D eigenvalue weighted by atomic mass is 32.2. The Hall–Kier alpha value is -1.41. The largest absolute Gasteiger partial charge is 0.478 e. The second kappa shape index (κ2) is 4.46. The number of carboxylic acid groups (broad SMARTS) is 1. The van der Waals surface area contributed by atoms with E-state index in [2.05, 4.69) is 9.71 Å². The van der Waals surface area contributed by atoms with E-state index in [1.165, 1.54) is 12.3 Å². The summed E-state index contributed by atoms with van der Waals surface area (Å²) >= 11 is 1.10. The highest BCUT2D eigenvalue weighted by Gasteiger charge is 2.36. The van der Waals surface area contributed by atoms with Crippen molar-refractivity contribution in [2.24, 2.45) is 0 Å². The molecule has 0 aliphatic heterocycles. The fourth-order valence-corrected chi connectivity index (χ4v) is 3.45. The van der Waals surface area contributed by atoms with Gasteiger partial charge in [0.2, 0.25) is 10.0 Å². The van der Waals surface area contributed by atoms with E-state index in [0.29, 0.717) is 17.7 Å². The van der Waals surface area contributed by atoms with Crippen molar-refractivity contribution in [1.29, 1.82) is 0 Å². The van der Waals surface area contributed by atoms with Crippen LogP contribution in [0.15, 0.2) is 12.3 Å². The van der Waals surface area contributed by atoms with E-state index in [0.717, 1.165) is 17.4 Å². The highest BCUT2D eigenvalue weighted by Crippen LogP contribution is 2.30. The lowest BCUT2D eigenvalue weighted by Crippen LogP contribution is -2.16. The van der Waals surface area contributed by atoms with E-state index >= 15 is 0 Å². The first kappa shape index (κ1) is 12.1. The lowest BCUT2D eigenvalue weighted by atomic mass is 10.4. The third kappa shape index (κ3) is 3.27. The summed E-state index contributed by atoms with van der Waals surface area (Å²) in [6, 6.07) is 0. The van der Waals surface area contributed by atoms with Crippen LogP contribution >= 0.6 is 11.3 Å². The van der Waals surface area contributed by atoms with Gasteiger partial charge in [-0.05, 0) is 18.9 Å². The number of aliphatic carboxylic acids is 1. The van der Waals surface area contributed by atoms with Crippen LogP contribution < -0.4 is 4.72 Å². The van der Waals surface area contributed by atoms with Crippen LogP contribution in [0.25, 0.3) is 6.08 Å². The highest BCUT2D eigenvalue weighted by molar-refractivity contribution is 7.93. The Balaban J connectivity index is 2.06. The van der Waals surface area contributed by atoms with Crippen LogP contribution in [0.5, 0.6) is 0 Å². The maximum atomic E-state index is 11.6. The maximum Gasteiger partial charge on any atom is 0.328 e. The fourth-order valence-electron chi connectivity index (χ4n) is 1.15. The Morgan fingerprint density at radius 3 is 2.88 bits per heavy atom. The van der Waals surface area contributed by atoms with Crippen molar-refractivity contribution in [3.8, 4) is 0 Å². The molecule has 8 heteroatoms. The zero-order chi connectivity index (χ0) is 12.5. The van der Waals surface area contributed by atoms with E-state index in [9.17, 15) is 13.2 Å². The van der Waals surface area contributed by atoms with Gasteiger partial charge in [-0.2, -0.15) is 0 Å². The van der Waals surface area contributed by atoms with Gasteiger partial charge in [-0.15, -0.1) is 0 Å². The third-order valence-corrected chi connectivity index (χ3v) is 4.94. The molecular weight excluding hydrogens is 264 g/mol. The smallest absolute Gasteiger partial charge is 0.328 e. The lowest BCUT2D eigenvalue weighted by Gasteiger charge is -2.01. The summed E-state index contributed by atoms with van der Waals surface area (Å²) in [5.74, 6) is -1.06. The minimum atomic E-state index is -3.30. The van der Waals surface area contributed by atoms with Gasteiger partial charge < -0.3 is 5.11 Å². The SMILES string of the molecule is O=C(O)C=Cc1cnc(NS(=O)(=O)C2CC2)s1. The average molecular weight is 274 g/mol. The fraction of sp³-hybridized carbons (Fsp3) is 0.333. The number of nitrogens with one attached hydrogen (secondary N) is 1. The Bertz CT molecular complexity index is 557. The van der Waals surface area contributed by atoms with E-state index in [-0.39, 0.29) is 10.4 Å². The summed E-state index contributed by atoms with van der Waals surface area (Å²) in [5.41, 5.74) is 0. The molecule has 0 unspecified atom stereocenters. The van der Waals surface area contributed by atoms with Gasteiger partial charge >= 0.3 is 5.97 Å². The lowest BCUT2D eigenvalue weighted by molar-refractivity contribution is -0.131. The topological polar surface area (TPSA) is 96.4 Å². The van der Waals surface area contributed by atoms with Crippen LogP contribution in [-0.2, 0) is 14.8 Å². The van der Waals surface area contributed by atoms with Crippen molar-refractivity contribution in [1.82, 2.24) is 4.98 Å². The molecule has 2 rings (SSSR count). The second-order valence-corrected chi connectivity index (χ2v) is 6.61. The van der Waals surface area contributed by atoms with Crippen molar-refractivity contribution in [3.05, 3.63) is 17.2 Å². The Labute approximate surface area is 102 Å². The molecule has 0 spiro atoms. The number of thiazole rings is 1. The second-order valence-electron chi connectivity index (χ2n) is 3.59. The summed E-state index contributed by atoms with van der Waals surface area (Å²) in [4.78, 5) is 14.7. The molecule has 1 heterocycles. The van der Waals surface area contributed by atoms with Crippen LogP contribution in [0.3, 0.4) is 0 Å². The minimum absolute atomic E-state index is 0.266. The molecule has 1 aliphatic carbocycles. The van der Waals surface area contributed by atoms with Crippen LogP contribution in [0.2, 0.25) is 0 Å². The molecule has 0 bridgehead atoms.